The number of Topliss-reactive ketones (excluding diaryl/α,β-unsaturated/α-hetero) is 1. The Labute approximate surface area is 105 Å². The molecule has 1 N–H and O–H groups in total. The lowest BCUT2D eigenvalue weighted by atomic mass is 10.2. The normalized spacial score (nSPS) is 10.3. The predicted octanol–water partition coefficient (Wildman–Crippen LogP) is 1.64. The second-order valence-corrected chi connectivity index (χ2v) is 3.23. The molecule has 0 bridgehead atoms. The second-order valence-electron chi connectivity index (χ2n) is 3.23. The third kappa shape index (κ3) is 3.76. The molecule has 0 aliphatic rings. The van der Waals surface area contributed by atoms with Crippen molar-refractivity contribution in [2.45, 2.75) is 6.92 Å². The van der Waals surface area contributed by atoms with E-state index < -0.39 is 11.8 Å². The number of carbonyl (C=O) groups excluding carboxylic acids is 2. The van der Waals surface area contributed by atoms with Crippen molar-refractivity contribution in [3.8, 4) is 6.07 Å². The molecule has 92 valence electrons. The van der Waals surface area contributed by atoms with Gasteiger partial charge in [-0.05, 0) is 19.1 Å². The Kier molecular flexibility index (Phi) is 5.13. The van der Waals surface area contributed by atoms with Crippen molar-refractivity contribution in [3.05, 3.63) is 42.1 Å². The first-order valence-corrected chi connectivity index (χ1v) is 5.32. The fourth-order valence-electron chi connectivity index (χ4n) is 1.15. The van der Waals surface area contributed by atoms with Crippen LogP contribution in [0.4, 0.5) is 5.69 Å². The van der Waals surface area contributed by atoms with Crippen LogP contribution in [0.25, 0.3) is 0 Å². The third-order valence-corrected chi connectivity index (χ3v) is 1.98. The quantitative estimate of drug-likeness (QED) is 0.368. The Morgan fingerprint density at radius 2 is 2.06 bits per heavy atom. The van der Waals surface area contributed by atoms with E-state index in [2.05, 4.69) is 10.1 Å². The minimum Gasteiger partial charge on any atom is -0.460 e. The number of ketones is 1. The zero-order chi connectivity index (χ0) is 13.4. The molecule has 0 spiro atoms. The first kappa shape index (κ1) is 13.5. The summed E-state index contributed by atoms with van der Waals surface area (Å²) in [6.07, 6.45) is 1.19. The lowest BCUT2D eigenvalue weighted by molar-refractivity contribution is -0.151. The molecule has 1 rings (SSSR count). The highest BCUT2D eigenvalue weighted by Crippen LogP contribution is 2.06. The molecule has 0 unspecified atom stereocenters. The molecule has 0 fully saturated rings. The summed E-state index contributed by atoms with van der Waals surface area (Å²) in [7, 11) is 0. The molecule has 5 nitrogen and oxygen atoms in total. The van der Waals surface area contributed by atoms with Crippen molar-refractivity contribution in [2.24, 2.45) is 0 Å². The highest BCUT2D eigenvalue weighted by atomic mass is 16.5. The van der Waals surface area contributed by atoms with Crippen LogP contribution in [0.15, 0.2) is 42.1 Å². The van der Waals surface area contributed by atoms with Crippen LogP contribution in [0.5, 0.6) is 0 Å². The molecular weight excluding hydrogens is 232 g/mol. The molecule has 0 aromatic heterocycles. The van der Waals surface area contributed by atoms with Gasteiger partial charge in [-0.1, -0.05) is 18.2 Å². The van der Waals surface area contributed by atoms with Crippen molar-refractivity contribution < 1.29 is 14.3 Å². The predicted molar refractivity (Wildman–Crippen MR) is 65.4 cm³/mol. The summed E-state index contributed by atoms with van der Waals surface area (Å²) in [5.74, 6) is -1.98. The number of ether oxygens (including phenoxy) is 1. The van der Waals surface area contributed by atoms with Crippen LogP contribution < -0.4 is 5.32 Å². The number of para-hydroxylation sites is 1. The first-order valence-electron chi connectivity index (χ1n) is 5.32. The molecule has 0 radical (unpaired) electrons. The maximum Gasteiger partial charge on any atom is 0.380 e. The molecular formula is C13H12N2O3. The fraction of sp³-hybridized carbons (Fsp3) is 0.154. The molecule has 0 aliphatic carbocycles. The summed E-state index contributed by atoms with van der Waals surface area (Å²) in [6.45, 7) is 1.68. The fourth-order valence-corrected chi connectivity index (χ4v) is 1.15. The van der Waals surface area contributed by atoms with Crippen LogP contribution in [-0.2, 0) is 14.3 Å². The van der Waals surface area contributed by atoms with Gasteiger partial charge >= 0.3 is 5.97 Å². The highest BCUT2D eigenvalue weighted by molar-refractivity contribution is 6.41. The summed E-state index contributed by atoms with van der Waals surface area (Å²) in [4.78, 5) is 22.6. The van der Waals surface area contributed by atoms with Gasteiger partial charge in [0.05, 0.1) is 6.61 Å². The highest BCUT2D eigenvalue weighted by Gasteiger charge is 2.19. The van der Waals surface area contributed by atoms with Gasteiger partial charge < -0.3 is 10.1 Å². The lowest BCUT2D eigenvalue weighted by Crippen LogP contribution is -2.19. The smallest absolute Gasteiger partial charge is 0.380 e. The van der Waals surface area contributed by atoms with Crippen molar-refractivity contribution in [1.82, 2.24) is 0 Å². The number of anilines is 1. The zero-order valence-corrected chi connectivity index (χ0v) is 9.84. The SMILES string of the molecule is CCOC(=O)C(=O)C(C#N)=CNc1ccccc1. The number of nitrogens with zero attached hydrogens (tertiary/aromatic N) is 1. The van der Waals surface area contributed by atoms with Crippen LogP contribution in [0.3, 0.4) is 0 Å². The van der Waals surface area contributed by atoms with Gasteiger partial charge in [-0.15, -0.1) is 0 Å². The van der Waals surface area contributed by atoms with E-state index in [1.807, 2.05) is 6.07 Å². The van der Waals surface area contributed by atoms with Crippen LogP contribution in [0.1, 0.15) is 6.92 Å². The molecule has 0 saturated carbocycles. The Morgan fingerprint density at radius 1 is 1.39 bits per heavy atom. The lowest BCUT2D eigenvalue weighted by Gasteiger charge is -2.01. The van der Waals surface area contributed by atoms with Crippen LogP contribution in [0, 0.1) is 11.3 Å². The summed E-state index contributed by atoms with van der Waals surface area (Å²) >= 11 is 0. The van der Waals surface area contributed by atoms with Gasteiger partial charge in [0.2, 0.25) is 0 Å². The standard InChI is InChI=1S/C13H12N2O3/c1-2-18-13(17)12(16)10(8-14)9-15-11-6-4-3-5-7-11/h3-7,9,15H,2H2,1H3. The molecule has 0 amide bonds. The Hall–Kier alpha value is -2.61. The molecule has 18 heavy (non-hydrogen) atoms. The van der Waals surface area contributed by atoms with Gasteiger partial charge in [0, 0.05) is 11.9 Å². The van der Waals surface area contributed by atoms with Crippen molar-refractivity contribution in [3.63, 3.8) is 0 Å². The van der Waals surface area contributed by atoms with E-state index in [-0.39, 0.29) is 12.2 Å². The number of carbonyl (C=O) groups is 2. The van der Waals surface area contributed by atoms with Gasteiger partial charge in [-0.2, -0.15) is 5.26 Å². The molecule has 0 atom stereocenters. The maximum atomic E-state index is 11.5. The van der Waals surface area contributed by atoms with Gasteiger partial charge in [-0.3, -0.25) is 4.79 Å². The topological polar surface area (TPSA) is 79.2 Å². The van der Waals surface area contributed by atoms with E-state index in [0.29, 0.717) is 5.69 Å². The minimum atomic E-state index is -1.03. The summed E-state index contributed by atoms with van der Waals surface area (Å²) < 4.78 is 4.53. The number of nitriles is 1. The average Bonchev–Trinajstić information content (AvgIpc) is 2.40. The van der Waals surface area contributed by atoms with Crippen LogP contribution >= 0.6 is 0 Å². The summed E-state index contributed by atoms with van der Waals surface area (Å²) in [6, 6.07) is 10.6. The van der Waals surface area contributed by atoms with E-state index in [1.54, 1.807) is 37.3 Å². The van der Waals surface area contributed by atoms with E-state index in [1.165, 1.54) is 6.20 Å². The molecule has 1 aromatic carbocycles. The maximum absolute atomic E-state index is 11.5. The molecule has 5 heteroatoms. The van der Waals surface area contributed by atoms with Crippen LogP contribution in [-0.4, -0.2) is 18.4 Å². The number of benzene rings is 1. The summed E-state index contributed by atoms with van der Waals surface area (Å²) in [5, 5.41) is 11.6. The monoisotopic (exact) mass is 244 g/mol. The number of hydrogen-bond acceptors (Lipinski definition) is 5. The van der Waals surface area contributed by atoms with Crippen LogP contribution in [0.2, 0.25) is 0 Å². The van der Waals surface area contributed by atoms with Crippen molar-refractivity contribution in [1.29, 1.82) is 5.26 Å². The Balaban J connectivity index is 2.75. The van der Waals surface area contributed by atoms with Crippen molar-refractivity contribution >= 4 is 17.4 Å². The molecule has 0 saturated heterocycles. The van der Waals surface area contributed by atoms with Gasteiger partial charge in [0.1, 0.15) is 11.6 Å². The average molecular weight is 244 g/mol. The van der Waals surface area contributed by atoms with E-state index in [4.69, 9.17) is 5.26 Å². The number of hydrogen-bond donors (Lipinski definition) is 1. The van der Waals surface area contributed by atoms with Gasteiger partial charge in [0.15, 0.2) is 0 Å². The van der Waals surface area contributed by atoms with Gasteiger partial charge in [-0.25, -0.2) is 4.79 Å². The van der Waals surface area contributed by atoms with Gasteiger partial charge in [0.25, 0.3) is 5.78 Å². The number of nitrogens with one attached hydrogen (secondary N) is 1. The molecule has 1 aromatic rings. The van der Waals surface area contributed by atoms with Crippen molar-refractivity contribution in [2.75, 3.05) is 11.9 Å². The Morgan fingerprint density at radius 3 is 2.61 bits per heavy atom. The Bertz CT molecular complexity index is 501. The van der Waals surface area contributed by atoms with E-state index >= 15 is 0 Å². The summed E-state index contributed by atoms with van der Waals surface area (Å²) in [5.41, 5.74) is 0.416. The first-order chi connectivity index (χ1) is 8.69. The number of esters is 1. The minimum absolute atomic E-state index is 0.0927. The molecule has 0 heterocycles. The second kappa shape index (κ2) is 6.86. The molecule has 0 aliphatic heterocycles. The third-order valence-electron chi connectivity index (χ3n) is 1.98. The van der Waals surface area contributed by atoms with E-state index in [0.717, 1.165) is 0 Å². The largest absolute Gasteiger partial charge is 0.460 e. The van der Waals surface area contributed by atoms with E-state index in [9.17, 15) is 9.59 Å². The number of rotatable bonds is 5. The zero-order valence-electron chi connectivity index (χ0n) is 9.84.